The third kappa shape index (κ3) is 2.70. The van der Waals surface area contributed by atoms with Crippen LogP contribution in [0.25, 0.3) is 10.8 Å². The molecule has 0 atom stereocenters. The Kier molecular flexibility index (Phi) is 3.89. The Morgan fingerprint density at radius 2 is 1.92 bits per heavy atom. The van der Waals surface area contributed by atoms with E-state index in [0.717, 1.165) is 9.69 Å². The van der Waals surface area contributed by atoms with Crippen LogP contribution in [-0.2, 0) is 14.8 Å². The number of anilines is 1. The van der Waals surface area contributed by atoms with Crippen LogP contribution >= 0.6 is 0 Å². The number of sulfonamides is 1. The van der Waals surface area contributed by atoms with Gasteiger partial charge in [0.25, 0.3) is 15.9 Å². The highest BCUT2D eigenvalue weighted by molar-refractivity contribution is 7.93. The van der Waals surface area contributed by atoms with Gasteiger partial charge >= 0.3 is 0 Å². The van der Waals surface area contributed by atoms with Crippen LogP contribution in [0.15, 0.2) is 70.8 Å². The van der Waals surface area contributed by atoms with E-state index in [4.69, 9.17) is 0 Å². The number of amides is 1. The summed E-state index contributed by atoms with van der Waals surface area (Å²) < 4.78 is 26.7. The van der Waals surface area contributed by atoms with E-state index >= 15 is 0 Å². The molecule has 130 valence electrons. The molecule has 1 aliphatic rings. The molecule has 0 saturated heterocycles. The smallest absolute Gasteiger partial charge is 0.265 e. The van der Waals surface area contributed by atoms with Crippen LogP contribution in [-0.4, -0.2) is 32.1 Å². The summed E-state index contributed by atoms with van der Waals surface area (Å²) in [6.07, 6.45) is 3.00. The van der Waals surface area contributed by atoms with Gasteiger partial charge in [0.15, 0.2) is 0 Å². The minimum absolute atomic E-state index is 0.218. The first kappa shape index (κ1) is 16.2. The van der Waals surface area contributed by atoms with Gasteiger partial charge in [0, 0.05) is 11.6 Å². The number of hydrogen-bond acceptors (Lipinski definition) is 5. The van der Waals surface area contributed by atoms with Crippen LogP contribution in [0.1, 0.15) is 5.69 Å². The molecule has 0 unspecified atom stereocenters. The van der Waals surface area contributed by atoms with Crippen LogP contribution in [0.3, 0.4) is 0 Å². The van der Waals surface area contributed by atoms with E-state index in [2.05, 4.69) is 15.5 Å². The maximum Gasteiger partial charge on any atom is 0.265 e. The molecule has 8 heteroatoms. The lowest BCUT2D eigenvalue weighted by Crippen LogP contribution is -2.37. The Balaban J connectivity index is 1.56. The number of nitrogens with one attached hydrogen (secondary N) is 1. The first-order valence-corrected chi connectivity index (χ1v) is 9.29. The molecular formula is C18H14N4O3S. The molecule has 0 radical (unpaired) electrons. The fourth-order valence-corrected chi connectivity index (χ4v) is 4.58. The highest BCUT2D eigenvalue weighted by Gasteiger charge is 2.36. The van der Waals surface area contributed by atoms with Gasteiger partial charge in [-0.3, -0.25) is 14.1 Å². The second-order valence-electron chi connectivity index (χ2n) is 5.69. The first-order chi connectivity index (χ1) is 12.6. The summed E-state index contributed by atoms with van der Waals surface area (Å²) in [5.74, 6) is -0.537. The number of carbonyl (C=O) groups is 1. The van der Waals surface area contributed by atoms with Crippen LogP contribution < -0.4 is 9.73 Å². The zero-order chi connectivity index (χ0) is 18.1. The highest BCUT2D eigenvalue weighted by Crippen LogP contribution is 2.41. The average molecular weight is 366 g/mol. The van der Waals surface area contributed by atoms with Gasteiger partial charge < -0.3 is 0 Å². The number of aromatic nitrogens is 1. The van der Waals surface area contributed by atoms with Crippen molar-refractivity contribution in [2.24, 2.45) is 5.10 Å². The molecule has 1 N–H and O–H groups in total. The van der Waals surface area contributed by atoms with Crippen molar-refractivity contribution >= 4 is 38.6 Å². The molecule has 4 rings (SSSR count). The zero-order valence-corrected chi connectivity index (χ0v) is 14.3. The molecule has 7 nitrogen and oxygen atoms in total. The Morgan fingerprint density at radius 1 is 1.12 bits per heavy atom. The summed E-state index contributed by atoms with van der Waals surface area (Å²) in [7, 11) is -3.76. The Bertz CT molecular complexity index is 1120. The third-order valence-electron chi connectivity index (χ3n) is 4.04. The summed E-state index contributed by atoms with van der Waals surface area (Å²) in [5.41, 5.74) is 3.42. The number of hydrogen-bond donors (Lipinski definition) is 1. The lowest BCUT2D eigenvalue weighted by Gasteiger charge is -2.17. The number of rotatable bonds is 4. The summed E-state index contributed by atoms with van der Waals surface area (Å²) >= 11 is 0. The second-order valence-corrected chi connectivity index (χ2v) is 7.52. The standard InChI is InChI=1S/C18H14N4O3S/c23-17(21-20-11-14-7-1-2-10-19-14)12-22-15-8-3-5-13-6-4-9-16(18(13)15)26(22,24)25/h1-11H,12H2,(H,21,23)/b20-11-. The Hall–Kier alpha value is -3.26. The molecule has 2 aromatic carbocycles. The highest BCUT2D eigenvalue weighted by atomic mass is 32.2. The van der Waals surface area contributed by atoms with Crippen molar-refractivity contribution in [1.82, 2.24) is 10.4 Å². The molecule has 0 spiro atoms. The van der Waals surface area contributed by atoms with Gasteiger partial charge in [-0.05, 0) is 29.7 Å². The predicted molar refractivity (Wildman–Crippen MR) is 98.5 cm³/mol. The van der Waals surface area contributed by atoms with E-state index in [1.54, 1.807) is 48.7 Å². The number of carbonyl (C=O) groups excluding carboxylic acids is 1. The minimum Gasteiger partial charge on any atom is -0.271 e. The quantitative estimate of drug-likeness (QED) is 0.564. The monoisotopic (exact) mass is 366 g/mol. The maximum atomic E-state index is 12.8. The topological polar surface area (TPSA) is 91.7 Å². The summed E-state index contributed by atoms with van der Waals surface area (Å²) in [6.45, 7) is -0.352. The third-order valence-corrected chi connectivity index (χ3v) is 5.84. The SMILES string of the molecule is O=C(CN1c2cccc3cccc(c23)S1(=O)=O)N/N=C\c1ccccn1. The number of pyridine rings is 1. The van der Waals surface area contributed by atoms with Crippen LogP contribution in [0, 0.1) is 0 Å². The van der Waals surface area contributed by atoms with Crippen molar-refractivity contribution in [1.29, 1.82) is 0 Å². The molecule has 2 heterocycles. The Labute approximate surface area is 150 Å². The van der Waals surface area contributed by atoms with Gasteiger partial charge in [0.05, 0.1) is 22.5 Å². The van der Waals surface area contributed by atoms with Crippen molar-refractivity contribution in [2.45, 2.75) is 4.90 Å². The molecule has 0 fully saturated rings. The van der Waals surface area contributed by atoms with E-state index < -0.39 is 15.9 Å². The molecule has 1 aliphatic heterocycles. The first-order valence-electron chi connectivity index (χ1n) is 7.85. The van der Waals surface area contributed by atoms with E-state index in [1.807, 2.05) is 12.1 Å². The molecule has 1 amide bonds. The fourth-order valence-electron chi connectivity index (χ4n) is 2.92. The average Bonchev–Trinajstić information content (AvgIpc) is 2.86. The summed E-state index contributed by atoms with van der Waals surface area (Å²) in [6, 6.07) is 15.7. The number of benzene rings is 2. The van der Waals surface area contributed by atoms with Gasteiger partial charge in [0.1, 0.15) is 6.54 Å². The van der Waals surface area contributed by atoms with E-state index in [0.29, 0.717) is 16.8 Å². The van der Waals surface area contributed by atoms with Crippen molar-refractivity contribution in [2.75, 3.05) is 10.8 Å². The molecule has 0 aliphatic carbocycles. The normalized spacial score (nSPS) is 14.8. The maximum absolute atomic E-state index is 12.8. The minimum atomic E-state index is -3.76. The number of nitrogens with zero attached hydrogens (tertiary/aromatic N) is 3. The van der Waals surface area contributed by atoms with Crippen LogP contribution in [0.5, 0.6) is 0 Å². The van der Waals surface area contributed by atoms with Gasteiger partial charge in [-0.15, -0.1) is 0 Å². The molecule has 0 bridgehead atoms. The van der Waals surface area contributed by atoms with Gasteiger partial charge in [-0.2, -0.15) is 5.10 Å². The molecule has 26 heavy (non-hydrogen) atoms. The second kappa shape index (κ2) is 6.23. The van der Waals surface area contributed by atoms with Crippen LogP contribution in [0.2, 0.25) is 0 Å². The van der Waals surface area contributed by atoms with Crippen molar-refractivity contribution in [3.8, 4) is 0 Å². The van der Waals surface area contributed by atoms with Gasteiger partial charge in [-0.1, -0.05) is 30.3 Å². The van der Waals surface area contributed by atoms with Crippen molar-refractivity contribution in [3.63, 3.8) is 0 Å². The van der Waals surface area contributed by atoms with Crippen LogP contribution in [0.4, 0.5) is 5.69 Å². The molecular weight excluding hydrogens is 352 g/mol. The lowest BCUT2D eigenvalue weighted by molar-refractivity contribution is -0.119. The largest absolute Gasteiger partial charge is 0.271 e. The molecule has 3 aromatic rings. The zero-order valence-electron chi connectivity index (χ0n) is 13.5. The molecule has 0 saturated carbocycles. The number of hydrazone groups is 1. The van der Waals surface area contributed by atoms with E-state index in [1.165, 1.54) is 6.21 Å². The van der Waals surface area contributed by atoms with E-state index in [-0.39, 0.29) is 11.4 Å². The summed E-state index contributed by atoms with van der Waals surface area (Å²) in [4.78, 5) is 16.5. The van der Waals surface area contributed by atoms with E-state index in [9.17, 15) is 13.2 Å². The molecule has 1 aromatic heterocycles. The Morgan fingerprint density at radius 3 is 2.69 bits per heavy atom. The lowest BCUT2D eigenvalue weighted by atomic mass is 10.1. The predicted octanol–water partition coefficient (Wildman–Crippen LogP) is 1.89. The van der Waals surface area contributed by atoms with Gasteiger partial charge in [-0.25, -0.2) is 13.8 Å². The van der Waals surface area contributed by atoms with Gasteiger partial charge in [0.2, 0.25) is 0 Å². The van der Waals surface area contributed by atoms with Crippen molar-refractivity contribution in [3.05, 3.63) is 66.5 Å². The van der Waals surface area contributed by atoms with Crippen molar-refractivity contribution < 1.29 is 13.2 Å². The fraction of sp³-hybridized carbons (Fsp3) is 0.0556. The summed E-state index contributed by atoms with van der Waals surface area (Å²) in [5, 5.41) is 5.28.